The van der Waals surface area contributed by atoms with Crippen LogP contribution in [0.5, 0.6) is 5.75 Å². The average molecular weight is 363 g/mol. The van der Waals surface area contributed by atoms with Gasteiger partial charge in [0.2, 0.25) is 10.0 Å². The fraction of sp³-hybridized carbons (Fsp3) is 0.500. The summed E-state index contributed by atoms with van der Waals surface area (Å²) >= 11 is 0. The van der Waals surface area contributed by atoms with E-state index in [1.807, 2.05) is 18.2 Å². The third kappa shape index (κ3) is 3.72. The van der Waals surface area contributed by atoms with Crippen LogP contribution in [0.2, 0.25) is 0 Å². The molecule has 2 heterocycles. The van der Waals surface area contributed by atoms with Gasteiger partial charge < -0.3 is 9.64 Å². The summed E-state index contributed by atoms with van der Waals surface area (Å²) in [6.07, 6.45) is 3.08. The number of likely N-dealkylation sites (N-methyl/N-ethyl adjacent to an activating group) is 1. The number of aryl methyl sites for hydroxylation is 1. The van der Waals surface area contributed by atoms with Gasteiger partial charge in [0.25, 0.3) is 0 Å². The monoisotopic (exact) mass is 363 g/mol. The summed E-state index contributed by atoms with van der Waals surface area (Å²) in [6, 6.07) is 7.96. The summed E-state index contributed by atoms with van der Waals surface area (Å²) in [7, 11) is 0.117. The first-order valence-electron chi connectivity index (χ1n) is 8.43. The minimum Gasteiger partial charge on any atom is -0.497 e. The predicted octanol–water partition coefficient (Wildman–Crippen LogP) is 2.41. The topological polar surface area (TPSA) is 62.7 Å². The molecular weight excluding hydrogens is 338 g/mol. The molecule has 1 aliphatic heterocycles. The van der Waals surface area contributed by atoms with Crippen molar-refractivity contribution in [2.45, 2.75) is 25.8 Å². The summed E-state index contributed by atoms with van der Waals surface area (Å²) < 4.78 is 30.5. The van der Waals surface area contributed by atoms with Crippen molar-refractivity contribution in [2.75, 3.05) is 38.4 Å². The smallest absolute Gasteiger partial charge is 0.211 e. The maximum Gasteiger partial charge on any atom is 0.211 e. The number of sulfonamides is 1. The van der Waals surface area contributed by atoms with Crippen molar-refractivity contribution in [2.24, 2.45) is 0 Å². The van der Waals surface area contributed by atoms with Crippen molar-refractivity contribution in [1.82, 2.24) is 9.29 Å². The van der Waals surface area contributed by atoms with Crippen LogP contribution < -0.4 is 9.64 Å². The largest absolute Gasteiger partial charge is 0.497 e. The number of anilines is 1. The van der Waals surface area contributed by atoms with Gasteiger partial charge in [-0.3, -0.25) is 0 Å². The molecule has 25 heavy (non-hydrogen) atoms. The van der Waals surface area contributed by atoms with E-state index in [0.717, 1.165) is 47.4 Å². The Balaban J connectivity index is 1.92. The summed E-state index contributed by atoms with van der Waals surface area (Å²) in [5.41, 5.74) is 2.05. The standard InChI is InChI=1S/C18H25N3O3S/c1-13-10-18(19-17-11-15(24-3)7-8-16(13)17)21-9-5-6-14(12-21)20(2)25(4,22)23/h7-8,10-11,14H,5-6,9,12H2,1-4H3. The Morgan fingerprint density at radius 1 is 1.32 bits per heavy atom. The molecular formula is C18H25N3O3S. The number of aromatic nitrogens is 1. The molecule has 0 amide bonds. The minimum atomic E-state index is -3.19. The van der Waals surface area contributed by atoms with Gasteiger partial charge >= 0.3 is 0 Å². The molecule has 1 aromatic heterocycles. The molecule has 0 radical (unpaired) electrons. The van der Waals surface area contributed by atoms with Crippen LogP contribution in [-0.4, -0.2) is 57.3 Å². The molecule has 2 aromatic rings. The van der Waals surface area contributed by atoms with E-state index in [9.17, 15) is 8.42 Å². The number of rotatable bonds is 4. The molecule has 0 bridgehead atoms. The van der Waals surface area contributed by atoms with Crippen LogP contribution in [0.3, 0.4) is 0 Å². The molecule has 0 aliphatic carbocycles. The number of hydrogen-bond donors (Lipinski definition) is 0. The molecule has 0 spiro atoms. The second-order valence-electron chi connectivity index (χ2n) is 6.70. The van der Waals surface area contributed by atoms with Crippen LogP contribution in [0.1, 0.15) is 18.4 Å². The number of pyridine rings is 1. The lowest BCUT2D eigenvalue weighted by Crippen LogP contribution is -2.48. The Bertz CT molecular complexity index is 883. The van der Waals surface area contributed by atoms with Crippen molar-refractivity contribution in [3.8, 4) is 5.75 Å². The number of fused-ring (bicyclic) bond motifs is 1. The highest BCUT2D eigenvalue weighted by molar-refractivity contribution is 7.88. The van der Waals surface area contributed by atoms with Crippen LogP contribution >= 0.6 is 0 Å². The molecule has 1 fully saturated rings. The minimum absolute atomic E-state index is 0.0214. The Hall–Kier alpha value is -1.86. The van der Waals surface area contributed by atoms with Gasteiger partial charge in [0.1, 0.15) is 11.6 Å². The van der Waals surface area contributed by atoms with E-state index in [1.54, 1.807) is 14.2 Å². The zero-order chi connectivity index (χ0) is 18.2. The SMILES string of the molecule is COc1ccc2c(C)cc(N3CCCC(N(C)S(C)(=O)=O)C3)nc2c1. The molecule has 0 saturated carbocycles. The van der Waals surface area contributed by atoms with E-state index in [4.69, 9.17) is 9.72 Å². The van der Waals surface area contributed by atoms with Gasteiger partial charge in [-0.15, -0.1) is 0 Å². The van der Waals surface area contributed by atoms with Crippen molar-refractivity contribution >= 4 is 26.7 Å². The summed E-state index contributed by atoms with van der Waals surface area (Å²) in [6.45, 7) is 3.62. The normalized spacial score (nSPS) is 18.8. The highest BCUT2D eigenvalue weighted by atomic mass is 32.2. The Kier molecular flexibility index (Phi) is 4.88. The van der Waals surface area contributed by atoms with Crippen molar-refractivity contribution in [1.29, 1.82) is 0 Å². The zero-order valence-corrected chi connectivity index (χ0v) is 16.0. The molecule has 1 aromatic carbocycles. The maximum atomic E-state index is 11.9. The van der Waals surface area contributed by atoms with E-state index in [2.05, 4.69) is 17.9 Å². The number of ether oxygens (including phenoxy) is 1. The van der Waals surface area contributed by atoms with E-state index < -0.39 is 10.0 Å². The van der Waals surface area contributed by atoms with Crippen molar-refractivity contribution in [3.05, 3.63) is 29.8 Å². The van der Waals surface area contributed by atoms with E-state index in [1.165, 1.54) is 10.6 Å². The van der Waals surface area contributed by atoms with Crippen LogP contribution in [0.4, 0.5) is 5.82 Å². The molecule has 1 saturated heterocycles. The molecule has 1 aliphatic rings. The molecule has 136 valence electrons. The third-order valence-electron chi connectivity index (χ3n) is 4.97. The number of hydrogen-bond acceptors (Lipinski definition) is 5. The van der Waals surface area contributed by atoms with E-state index in [-0.39, 0.29) is 6.04 Å². The molecule has 3 rings (SSSR count). The lowest BCUT2D eigenvalue weighted by Gasteiger charge is -2.37. The van der Waals surface area contributed by atoms with Gasteiger partial charge in [-0.2, -0.15) is 0 Å². The molecule has 1 unspecified atom stereocenters. The van der Waals surface area contributed by atoms with Crippen molar-refractivity contribution in [3.63, 3.8) is 0 Å². The van der Waals surface area contributed by atoms with Gasteiger partial charge in [-0.1, -0.05) is 0 Å². The lowest BCUT2D eigenvalue weighted by molar-refractivity contribution is 0.321. The lowest BCUT2D eigenvalue weighted by atomic mass is 10.0. The van der Waals surface area contributed by atoms with Crippen LogP contribution in [0.25, 0.3) is 10.9 Å². The molecule has 0 N–H and O–H groups in total. The number of nitrogens with zero attached hydrogens (tertiary/aromatic N) is 3. The molecule has 7 heteroatoms. The maximum absolute atomic E-state index is 11.9. The average Bonchev–Trinajstić information content (AvgIpc) is 2.59. The Morgan fingerprint density at radius 3 is 2.76 bits per heavy atom. The zero-order valence-electron chi connectivity index (χ0n) is 15.2. The fourth-order valence-electron chi connectivity index (χ4n) is 3.38. The van der Waals surface area contributed by atoms with Gasteiger partial charge in [-0.25, -0.2) is 17.7 Å². The first-order valence-corrected chi connectivity index (χ1v) is 10.3. The summed E-state index contributed by atoms with van der Waals surface area (Å²) in [4.78, 5) is 6.98. The predicted molar refractivity (Wildman–Crippen MR) is 101 cm³/mol. The fourth-order valence-corrected chi connectivity index (χ4v) is 4.10. The highest BCUT2D eigenvalue weighted by Crippen LogP contribution is 2.28. The summed E-state index contributed by atoms with van der Waals surface area (Å²) in [5, 5.41) is 1.10. The molecule has 1 atom stereocenters. The van der Waals surface area contributed by atoms with E-state index >= 15 is 0 Å². The Morgan fingerprint density at radius 2 is 2.08 bits per heavy atom. The van der Waals surface area contributed by atoms with Gasteiger partial charge in [-0.05, 0) is 43.5 Å². The van der Waals surface area contributed by atoms with Gasteiger partial charge in [0.15, 0.2) is 0 Å². The third-order valence-corrected chi connectivity index (χ3v) is 6.31. The highest BCUT2D eigenvalue weighted by Gasteiger charge is 2.28. The van der Waals surface area contributed by atoms with Gasteiger partial charge in [0, 0.05) is 37.6 Å². The van der Waals surface area contributed by atoms with Crippen LogP contribution in [-0.2, 0) is 10.0 Å². The molecule has 6 nitrogen and oxygen atoms in total. The Labute approximate surface area is 149 Å². The first kappa shape index (κ1) is 17.9. The first-order chi connectivity index (χ1) is 11.8. The van der Waals surface area contributed by atoms with Gasteiger partial charge in [0.05, 0.1) is 18.9 Å². The van der Waals surface area contributed by atoms with Crippen LogP contribution in [0, 0.1) is 6.92 Å². The quantitative estimate of drug-likeness (QED) is 0.835. The van der Waals surface area contributed by atoms with Crippen LogP contribution in [0.15, 0.2) is 24.3 Å². The van der Waals surface area contributed by atoms with Crippen molar-refractivity contribution < 1.29 is 13.2 Å². The van der Waals surface area contributed by atoms with E-state index in [0.29, 0.717) is 6.54 Å². The number of piperidine rings is 1. The second-order valence-corrected chi connectivity index (χ2v) is 8.74. The number of methoxy groups -OCH3 is 1. The number of benzene rings is 1. The second kappa shape index (κ2) is 6.80. The summed E-state index contributed by atoms with van der Waals surface area (Å²) in [5.74, 6) is 1.68.